The molecule has 0 amide bonds. The first-order chi connectivity index (χ1) is 7.59. The summed E-state index contributed by atoms with van der Waals surface area (Å²) in [5.41, 5.74) is 2.32. The second-order valence-electron chi connectivity index (χ2n) is 3.60. The second-order valence-corrected chi connectivity index (χ2v) is 4.03. The Labute approximate surface area is 98.7 Å². The van der Waals surface area contributed by atoms with Crippen LogP contribution in [-0.4, -0.2) is 15.6 Å². The van der Waals surface area contributed by atoms with Crippen LogP contribution in [-0.2, 0) is 7.05 Å². The fourth-order valence-corrected chi connectivity index (χ4v) is 1.86. The van der Waals surface area contributed by atoms with Gasteiger partial charge >= 0.3 is 0 Å². The van der Waals surface area contributed by atoms with Gasteiger partial charge in [-0.2, -0.15) is 5.10 Å². The van der Waals surface area contributed by atoms with Gasteiger partial charge in [0.25, 0.3) is 0 Å². The zero-order valence-electron chi connectivity index (χ0n) is 9.07. The fraction of sp³-hybridized carbons (Fsp3) is 0.167. The molecule has 0 aliphatic carbocycles. The van der Waals surface area contributed by atoms with Crippen LogP contribution in [0.4, 0.5) is 0 Å². The molecule has 0 atom stereocenters. The normalized spacial score (nSPS) is 10.4. The molecular weight excluding hydrogens is 224 g/mol. The number of hydrogen-bond acceptors (Lipinski definition) is 2. The molecule has 0 radical (unpaired) electrons. The topological polar surface area (TPSA) is 34.9 Å². The van der Waals surface area contributed by atoms with E-state index in [0.29, 0.717) is 10.6 Å². The highest BCUT2D eigenvalue weighted by Crippen LogP contribution is 2.25. The highest BCUT2D eigenvalue weighted by atomic mass is 35.5. The summed E-state index contributed by atoms with van der Waals surface area (Å²) in [5, 5.41) is 4.74. The van der Waals surface area contributed by atoms with Crippen molar-refractivity contribution in [2.24, 2.45) is 7.05 Å². The van der Waals surface area contributed by atoms with Gasteiger partial charge in [0, 0.05) is 17.6 Å². The summed E-state index contributed by atoms with van der Waals surface area (Å²) in [6, 6.07) is 7.39. The lowest BCUT2D eigenvalue weighted by Gasteiger charge is -2.04. The van der Waals surface area contributed by atoms with E-state index in [4.69, 9.17) is 11.6 Å². The summed E-state index contributed by atoms with van der Waals surface area (Å²) in [6.45, 7) is 1.53. The molecule has 0 N–H and O–H groups in total. The van der Waals surface area contributed by atoms with Gasteiger partial charge in [-0.15, -0.1) is 0 Å². The summed E-state index contributed by atoms with van der Waals surface area (Å²) in [7, 11) is 1.81. The number of aryl methyl sites for hydroxylation is 1. The molecule has 1 aromatic carbocycles. The van der Waals surface area contributed by atoms with Crippen LogP contribution < -0.4 is 0 Å². The molecule has 0 aliphatic heterocycles. The fourth-order valence-electron chi connectivity index (χ4n) is 1.67. The number of rotatable bonds is 2. The molecule has 1 aromatic heterocycles. The van der Waals surface area contributed by atoms with Crippen LogP contribution in [0.3, 0.4) is 0 Å². The number of hydrogen-bond donors (Lipinski definition) is 0. The predicted octanol–water partition coefficient (Wildman–Crippen LogP) is 2.94. The van der Waals surface area contributed by atoms with E-state index in [2.05, 4.69) is 5.10 Å². The minimum Gasteiger partial charge on any atom is -0.294 e. The molecule has 0 fully saturated rings. The number of Topliss-reactive ketones (excluding diaryl/α,β-unsaturated/α-hetero) is 1. The van der Waals surface area contributed by atoms with Gasteiger partial charge in [-0.1, -0.05) is 23.7 Å². The van der Waals surface area contributed by atoms with Gasteiger partial charge in [0.1, 0.15) is 0 Å². The van der Waals surface area contributed by atoms with E-state index in [-0.39, 0.29) is 5.78 Å². The van der Waals surface area contributed by atoms with E-state index in [0.717, 1.165) is 11.3 Å². The van der Waals surface area contributed by atoms with Gasteiger partial charge in [-0.25, -0.2) is 0 Å². The number of carbonyl (C=O) groups excluding carboxylic acids is 1. The Kier molecular flexibility index (Phi) is 2.79. The van der Waals surface area contributed by atoms with Gasteiger partial charge in [0.15, 0.2) is 5.78 Å². The van der Waals surface area contributed by atoms with Gasteiger partial charge in [0.2, 0.25) is 0 Å². The van der Waals surface area contributed by atoms with Crippen molar-refractivity contribution >= 4 is 17.4 Å². The van der Waals surface area contributed by atoms with E-state index < -0.39 is 0 Å². The van der Waals surface area contributed by atoms with E-state index >= 15 is 0 Å². The first kappa shape index (κ1) is 10.9. The van der Waals surface area contributed by atoms with E-state index in [1.807, 2.05) is 25.2 Å². The predicted molar refractivity (Wildman–Crippen MR) is 63.7 cm³/mol. The number of carbonyl (C=O) groups is 1. The SMILES string of the molecule is CC(=O)c1cnn(C)c1-c1cccc(Cl)c1. The molecule has 0 saturated heterocycles. The zero-order valence-corrected chi connectivity index (χ0v) is 9.82. The monoisotopic (exact) mass is 234 g/mol. The Morgan fingerprint density at radius 3 is 2.81 bits per heavy atom. The summed E-state index contributed by atoms with van der Waals surface area (Å²) in [6.07, 6.45) is 1.58. The molecule has 2 aromatic rings. The van der Waals surface area contributed by atoms with Gasteiger partial charge < -0.3 is 0 Å². The first-order valence-electron chi connectivity index (χ1n) is 4.88. The van der Waals surface area contributed by atoms with E-state index in [1.165, 1.54) is 6.92 Å². The lowest BCUT2D eigenvalue weighted by Crippen LogP contribution is -1.98. The third kappa shape index (κ3) is 1.86. The van der Waals surface area contributed by atoms with Crippen molar-refractivity contribution < 1.29 is 4.79 Å². The van der Waals surface area contributed by atoms with Crippen LogP contribution in [0.25, 0.3) is 11.3 Å². The van der Waals surface area contributed by atoms with Crippen molar-refractivity contribution in [3.05, 3.63) is 41.0 Å². The molecule has 0 aliphatic rings. The van der Waals surface area contributed by atoms with Crippen LogP contribution in [0.15, 0.2) is 30.5 Å². The lowest BCUT2D eigenvalue weighted by molar-refractivity contribution is 0.101. The third-order valence-electron chi connectivity index (χ3n) is 2.42. The first-order valence-corrected chi connectivity index (χ1v) is 5.26. The summed E-state index contributed by atoms with van der Waals surface area (Å²) in [5.74, 6) is 0.00285. The molecule has 0 bridgehead atoms. The Hall–Kier alpha value is -1.61. The number of benzene rings is 1. The molecule has 2 rings (SSSR count). The zero-order chi connectivity index (χ0) is 11.7. The summed E-state index contributed by atoms with van der Waals surface area (Å²) >= 11 is 5.93. The van der Waals surface area contributed by atoms with Crippen LogP contribution in [0.5, 0.6) is 0 Å². The maximum Gasteiger partial charge on any atom is 0.163 e. The summed E-state index contributed by atoms with van der Waals surface area (Å²) < 4.78 is 1.68. The molecule has 0 unspecified atom stereocenters. The van der Waals surface area contributed by atoms with Crippen molar-refractivity contribution in [2.75, 3.05) is 0 Å². The van der Waals surface area contributed by atoms with Crippen molar-refractivity contribution in [1.82, 2.24) is 9.78 Å². The Balaban J connectivity index is 2.63. The van der Waals surface area contributed by atoms with Crippen LogP contribution in [0.2, 0.25) is 5.02 Å². The van der Waals surface area contributed by atoms with Gasteiger partial charge in [-0.3, -0.25) is 9.48 Å². The van der Waals surface area contributed by atoms with Gasteiger partial charge in [-0.05, 0) is 19.1 Å². The number of ketones is 1. The van der Waals surface area contributed by atoms with Crippen LogP contribution in [0, 0.1) is 0 Å². The smallest absolute Gasteiger partial charge is 0.163 e. The minimum atomic E-state index is 0.00285. The Morgan fingerprint density at radius 1 is 1.44 bits per heavy atom. The lowest BCUT2D eigenvalue weighted by atomic mass is 10.1. The molecule has 0 saturated carbocycles. The van der Waals surface area contributed by atoms with E-state index in [9.17, 15) is 4.79 Å². The maximum absolute atomic E-state index is 11.5. The highest BCUT2D eigenvalue weighted by molar-refractivity contribution is 6.30. The quantitative estimate of drug-likeness (QED) is 0.749. The van der Waals surface area contributed by atoms with Gasteiger partial charge in [0.05, 0.1) is 17.5 Å². The molecule has 1 heterocycles. The molecule has 3 nitrogen and oxygen atoms in total. The average Bonchev–Trinajstić information content (AvgIpc) is 2.60. The molecule has 82 valence electrons. The number of halogens is 1. The highest BCUT2D eigenvalue weighted by Gasteiger charge is 2.14. The molecule has 0 spiro atoms. The minimum absolute atomic E-state index is 0.00285. The molecular formula is C12H11ClN2O. The number of nitrogens with zero attached hydrogens (tertiary/aromatic N) is 2. The van der Waals surface area contributed by atoms with Crippen molar-refractivity contribution in [1.29, 1.82) is 0 Å². The van der Waals surface area contributed by atoms with Crippen LogP contribution >= 0.6 is 11.6 Å². The Bertz CT molecular complexity index is 546. The standard InChI is InChI=1S/C12H11ClN2O/c1-8(16)11-7-14-15(2)12(11)9-4-3-5-10(13)6-9/h3-7H,1-2H3. The average molecular weight is 235 g/mol. The van der Waals surface area contributed by atoms with E-state index in [1.54, 1.807) is 16.9 Å². The second kappa shape index (κ2) is 4.10. The Morgan fingerprint density at radius 2 is 2.19 bits per heavy atom. The number of aromatic nitrogens is 2. The largest absolute Gasteiger partial charge is 0.294 e. The van der Waals surface area contributed by atoms with Crippen LogP contribution in [0.1, 0.15) is 17.3 Å². The van der Waals surface area contributed by atoms with Crippen molar-refractivity contribution in [3.8, 4) is 11.3 Å². The third-order valence-corrected chi connectivity index (χ3v) is 2.65. The molecule has 4 heteroatoms. The maximum atomic E-state index is 11.5. The van der Waals surface area contributed by atoms with Crippen molar-refractivity contribution in [2.45, 2.75) is 6.92 Å². The summed E-state index contributed by atoms with van der Waals surface area (Å²) in [4.78, 5) is 11.5. The molecule has 16 heavy (non-hydrogen) atoms. The van der Waals surface area contributed by atoms with Crippen molar-refractivity contribution in [3.63, 3.8) is 0 Å².